The molecule has 5 heteroatoms. The lowest BCUT2D eigenvalue weighted by molar-refractivity contribution is -0.117. The van der Waals surface area contributed by atoms with Crippen LogP contribution < -0.4 is 5.32 Å². The van der Waals surface area contributed by atoms with Crippen molar-refractivity contribution in [3.8, 4) is 0 Å². The molecule has 1 N–H and O–H groups in total. The molecule has 1 heterocycles. The number of hydrogen-bond acceptors (Lipinski definition) is 3. The number of aryl methyl sites for hydroxylation is 1. The Morgan fingerprint density at radius 2 is 1.76 bits per heavy atom. The minimum absolute atomic E-state index is 0.0991. The van der Waals surface area contributed by atoms with Gasteiger partial charge in [0.2, 0.25) is 5.91 Å². The van der Waals surface area contributed by atoms with Crippen molar-refractivity contribution in [1.29, 1.82) is 0 Å². The van der Waals surface area contributed by atoms with Crippen molar-refractivity contribution in [2.24, 2.45) is 0 Å². The molecule has 1 aliphatic heterocycles. The van der Waals surface area contributed by atoms with Gasteiger partial charge in [0.05, 0.1) is 6.54 Å². The first-order valence-corrected chi connectivity index (χ1v) is 8.65. The lowest BCUT2D eigenvalue weighted by Gasteiger charge is -2.34. The Kier molecular flexibility index (Phi) is 5.79. The van der Waals surface area contributed by atoms with E-state index >= 15 is 0 Å². The highest BCUT2D eigenvalue weighted by molar-refractivity contribution is 5.92. The molecule has 1 fully saturated rings. The van der Waals surface area contributed by atoms with Gasteiger partial charge in [0, 0.05) is 38.4 Å². The fourth-order valence-corrected chi connectivity index (χ4v) is 3.10. The highest BCUT2D eigenvalue weighted by Crippen LogP contribution is 2.13. The lowest BCUT2D eigenvalue weighted by atomic mass is 10.1. The molecule has 25 heavy (non-hydrogen) atoms. The van der Waals surface area contributed by atoms with E-state index in [0.29, 0.717) is 12.2 Å². The molecule has 1 amide bonds. The number of nitrogens with zero attached hydrogens (tertiary/aromatic N) is 2. The first-order valence-electron chi connectivity index (χ1n) is 8.65. The van der Waals surface area contributed by atoms with E-state index in [4.69, 9.17) is 0 Å². The minimum atomic E-state index is -0.345. The third-order valence-corrected chi connectivity index (χ3v) is 4.60. The van der Waals surface area contributed by atoms with E-state index in [9.17, 15) is 9.18 Å². The van der Waals surface area contributed by atoms with Crippen molar-refractivity contribution in [2.75, 3.05) is 38.0 Å². The fraction of sp³-hybridized carbons (Fsp3) is 0.350. The Bertz CT molecular complexity index is 726. The molecule has 2 aromatic rings. The first kappa shape index (κ1) is 17.6. The largest absolute Gasteiger partial charge is 0.325 e. The van der Waals surface area contributed by atoms with Crippen molar-refractivity contribution < 1.29 is 9.18 Å². The molecule has 0 unspecified atom stereocenters. The summed E-state index contributed by atoms with van der Waals surface area (Å²) in [7, 11) is 0. The van der Waals surface area contributed by atoms with Gasteiger partial charge in [-0.2, -0.15) is 0 Å². The molecule has 0 aliphatic carbocycles. The van der Waals surface area contributed by atoms with Gasteiger partial charge in [0.15, 0.2) is 0 Å². The van der Waals surface area contributed by atoms with Crippen LogP contribution >= 0.6 is 0 Å². The van der Waals surface area contributed by atoms with Gasteiger partial charge in [-0.15, -0.1) is 0 Å². The van der Waals surface area contributed by atoms with Crippen LogP contribution in [0.1, 0.15) is 11.1 Å². The maximum atomic E-state index is 13.2. The molecule has 4 nitrogen and oxygen atoms in total. The van der Waals surface area contributed by atoms with Crippen LogP contribution in [0.3, 0.4) is 0 Å². The molecule has 0 saturated carbocycles. The summed E-state index contributed by atoms with van der Waals surface area (Å²) in [5.41, 5.74) is 3.18. The zero-order chi connectivity index (χ0) is 17.6. The smallest absolute Gasteiger partial charge is 0.238 e. The second-order valence-electron chi connectivity index (χ2n) is 6.54. The van der Waals surface area contributed by atoms with Gasteiger partial charge in [-0.3, -0.25) is 14.6 Å². The molecule has 132 valence electrons. The van der Waals surface area contributed by atoms with E-state index in [0.717, 1.165) is 32.7 Å². The molecule has 0 aromatic heterocycles. The number of piperazine rings is 1. The van der Waals surface area contributed by atoms with Gasteiger partial charge in [0.1, 0.15) is 5.82 Å². The predicted octanol–water partition coefficient (Wildman–Crippen LogP) is 2.89. The van der Waals surface area contributed by atoms with Crippen molar-refractivity contribution in [3.63, 3.8) is 0 Å². The van der Waals surface area contributed by atoms with Crippen LogP contribution in [0.25, 0.3) is 0 Å². The SMILES string of the molecule is Cc1ccccc1CN1CCN(CC(=O)Nc2cccc(F)c2)CC1. The van der Waals surface area contributed by atoms with Gasteiger partial charge >= 0.3 is 0 Å². The first-order chi connectivity index (χ1) is 12.1. The standard InChI is InChI=1S/C20H24FN3O/c1-16-5-2-3-6-17(16)14-23-9-11-24(12-10-23)15-20(25)22-19-8-4-7-18(21)13-19/h2-8,13H,9-12,14-15H2,1H3,(H,22,25). The molecule has 0 spiro atoms. The number of carbonyl (C=O) groups is 1. The summed E-state index contributed by atoms with van der Waals surface area (Å²) < 4.78 is 13.2. The van der Waals surface area contributed by atoms with Crippen LogP contribution in [0.2, 0.25) is 0 Å². The van der Waals surface area contributed by atoms with E-state index in [2.05, 4.69) is 46.3 Å². The summed E-state index contributed by atoms with van der Waals surface area (Å²) in [4.78, 5) is 16.7. The topological polar surface area (TPSA) is 35.6 Å². The van der Waals surface area contributed by atoms with Gasteiger partial charge < -0.3 is 5.32 Å². The number of anilines is 1. The van der Waals surface area contributed by atoms with Crippen LogP contribution in [0.4, 0.5) is 10.1 Å². The van der Waals surface area contributed by atoms with Gasteiger partial charge in [-0.25, -0.2) is 4.39 Å². The fourth-order valence-electron chi connectivity index (χ4n) is 3.10. The molecular formula is C20H24FN3O. The summed E-state index contributed by atoms with van der Waals surface area (Å²) in [5.74, 6) is -0.444. The predicted molar refractivity (Wildman–Crippen MR) is 97.9 cm³/mol. The summed E-state index contributed by atoms with van der Waals surface area (Å²) in [6.45, 7) is 7.06. The Labute approximate surface area is 148 Å². The molecule has 0 atom stereocenters. The Morgan fingerprint density at radius 3 is 2.48 bits per heavy atom. The third kappa shape index (κ3) is 5.11. The summed E-state index contributed by atoms with van der Waals surface area (Å²) >= 11 is 0. The van der Waals surface area contributed by atoms with Crippen molar-refractivity contribution >= 4 is 11.6 Å². The molecule has 3 rings (SSSR count). The summed E-state index contributed by atoms with van der Waals surface area (Å²) in [6.07, 6.45) is 0. The number of rotatable bonds is 5. The molecule has 1 aliphatic rings. The second kappa shape index (κ2) is 8.23. The van der Waals surface area contributed by atoms with Crippen LogP contribution in [0.15, 0.2) is 48.5 Å². The van der Waals surface area contributed by atoms with E-state index < -0.39 is 0 Å². The van der Waals surface area contributed by atoms with Gasteiger partial charge in [-0.1, -0.05) is 30.3 Å². The minimum Gasteiger partial charge on any atom is -0.325 e. The Balaban J connectivity index is 1.44. The molecule has 2 aromatic carbocycles. The highest BCUT2D eigenvalue weighted by atomic mass is 19.1. The van der Waals surface area contributed by atoms with Gasteiger partial charge in [-0.05, 0) is 36.2 Å². The number of nitrogens with one attached hydrogen (secondary N) is 1. The third-order valence-electron chi connectivity index (χ3n) is 4.60. The van der Waals surface area contributed by atoms with Crippen molar-refractivity contribution in [1.82, 2.24) is 9.80 Å². The maximum absolute atomic E-state index is 13.2. The number of carbonyl (C=O) groups excluding carboxylic acids is 1. The molecule has 1 saturated heterocycles. The number of halogens is 1. The summed E-state index contributed by atoms with van der Waals surface area (Å²) in [5, 5.41) is 2.75. The van der Waals surface area contributed by atoms with Crippen molar-refractivity contribution in [2.45, 2.75) is 13.5 Å². The average Bonchev–Trinajstić information content (AvgIpc) is 2.58. The van der Waals surface area contributed by atoms with Crippen LogP contribution in [-0.2, 0) is 11.3 Å². The van der Waals surface area contributed by atoms with Crippen LogP contribution in [-0.4, -0.2) is 48.4 Å². The van der Waals surface area contributed by atoms with E-state index in [-0.39, 0.29) is 11.7 Å². The second-order valence-corrected chi connectivity index (χ2v) is 6.54. The van der Waals surface area contributed by atoms with Gasteiger partial charge in [0.25, 0.3) is 0 Å². The summed E-state index contributed by atoms with van der Waals surface area (Å²) in [6, 6.07) is 14.4. The Hall–Kier alpha value is -2.24. The maximum Gasteiger partial charge on any atom is 0.238 e. The molecule has 0 bridgehead atoms. The lowest BCUT2D eigenvalue weighted by Crippen LogP contribution is -2.48. The van der Waals surface area contributed by atoms with Crippen molar-refractivity contribution in [3.05, 3.63) is 65.5 Å². The number of benzene rings is 2. The highest BCUT2D eigenvalue weighted by Gasteiger charge is 2.19. The van der Waals surface area contributed by atoms with E-state index in [1.54, 1.807) is 12.1 Å². The average molecular weight is 341 g/mol. The van der Waals surface area contributed by atoms with Crippen LogP contribution in [0.5, 0.6) is 0 Å². The molecule has 0 radical (unpaired) electrons. The Morgan fingerprint density at radius 1 is 1.04 bits per heavy atom. The van der Waals surface area contributed by atoms with Crippen LogP contribution in [0, 0.1) is 12.7 Å². The quantitative estimate of drug-likeness (QED) is 0.908. The molecular weight excluding hydrogens is 317 g/mol. The zero-order valence-corrected chi connectivity index (χ0v) is 14.5. The number of hydrogen-bond donors (Lipinski definition) is 1. The van der Waals surface area contributed by atoms with E-state index in [1.165, 1.54) is 23.3 Å². The normalized spacial score (nSPS) is 15.9. The van der Waals surface area contributed by atoms with E-state index in [1.807, 2.05) is 0 Å². The number of amides is 1. The zero-order valence-electron chi connectivity index (χ0n) is 14.5. The monoisotopic (exact) mass is 341 g/mol.